The van der Waals surface area contributed by atoms with Crippen LogP contribution in [0.3, 0.4) is 0 Å². The van der Waals surface area contributed by atoms with Crippen molar-refractivity contribution in [2.75, 3.05) is 40.9 Å². The zero-order valence-corrected chi connectivity index (χ0v) is 54.3. The molecular formula is C69H140N2O6P+. The molecule has 8 nitrogen and oxygen atoms in total. The Balaban J connectivity index is 3.99. The van der Waals surface area contributed by atoms with Gasteiger partial charge in [-0.2, -0.15) is 0 Å². The minimum atomic E-state index is -4.33. The van der Waals surface area contributed by atoms with E-state index in [1.807, 2.05) is 21.1 Å². The zero-order valence-electron chi connectivity index (χ0n) is 53.5. The maximum absolute atomic E-state index is 13.1. The first-order chi connectivity index (χ1) is 38.0. The van der Waals surface area contributed by atoms with E-state index in [4.69, 9.17) is 9.05 Å². The van der Waals surface area contributed by atoms with Gasteiger partial charge in [-0.25, -0.2) is 4.57 Å². The number of nitrogens with zero attached hydrogens (tertiary/aromatic N) is 1. The van der Waals surface area contributed by atoms with Gasteiger partial charge >= 0.3 is 7.82 Å². The second-order valence-electron chi connectivity index (χ2n) is 25.6. The van der Waals surface area contributed by atoms with E-state index >= 15 is 0 Å². The second-order valence-corrected chi connectivity index (χ2v) is 27.1. The van der Waals surface area contributed by atoms with Crippen molar-refractivity contribution in [2.45, 2.75) is 386 Å². The minimum Gasteiger partial charge on any atom is -0.391 e. The van der Waals surface area contributed by atoms with Crippen LogP contribution in [0.5, 0.6) is 0 Å². The monoisotopic (exact) mass is 1120 g/mol. The minimum absolute atomic E-state index is 0.0781. The number of phosphoric ester groups is 1. The molecule has 466 valence electrons. The first kappa shape index (κ1) is 77.2. The van der Waals surface area contributed by atoms with Crippen LogP contribution in [0.2, 0.25) is 0 Å². The lowest BCUT2D eigenvalue weighted by Gasteiger charge is -2.26. The van der Waals surface area contributed by atoms with E-state index in [1.54, 1.807) is 0 Å². The molecule has 0 bridgehead atoms. The number of rotatable bonds is 66. The van der Waals surface area contributed by atoms with E-state index in [1.165, 1.54) is 308 Å². The average Bonchev–Trinajstić information content (AvgIpc) is 3.41. The SMILES string of the molecule is CCCCCCCCCCCCCC/C=C\CCCCCCCCCCCCCCCCCCC(=O)NC(COP(=O)(O)OCC[N+](C)(C)C)C(O)CCCCCCCCCCCCCCCCCCCCCCCCCC. The summed E-state index contributed by atoms with van der Waals surface area (Å²) in [4.78, 5) is 23.5. The normalized spacial score (nSPS) is 13.7. The van der Waals surface area contributed by atoms with Crippen molar-refractivity contribution in [3.8, 4) is 0 Å². The Hall–Kier alpha value is -0.760. The number of likely N-dealkylation sites (N-methyl/N-ethyl adjacent to an activating group) is 1. The Bertz CT molecular complexity index is 1280. The third-order valence-corrected chi connectivity index (χ3v) is 17.5. The van der Waals surface area contributed by atoms with E-state index in [9.17, 15) is 19.4 Å². The number of aliphatic hydroxyl groups excluding tert-OH is 1. The average molecular weight is 1120 g/mol. The van der Waals surface area contributed by atoms with Gasteiger partial charge < -0.3 is 19.8 Å². The van der Waals surface area contributed by atoms with E-state index < -0.39 is 20.0 Å². The summed E-state index contributed by atoms with van der Waals surface area (Å²) in [7, 11) is 1.64. The summed E-state index contributed by atoms with van der Waals surface area (Å²) in [5.41, 5.74) is 0. The van der Waals surface area contributed by atoms with Gasteiger partial charge in [-0.05, 0) is 38.5 Å². The zero-order chi connectivity index (χ0) is 57.0. The highest BCUT2D eigenvalue weighted by Crippen LogP contribution is 2.43. The van der Waals surface area contributed by atoms with Gasteiger partial charge in [-0.3, -0.25) is 13.8 Å². The van der Waals surface area contributed by atoms with E-state index in [0.717, 1.165) is 38.5 Å². The summed E-state index contributed by atoms with van der Waals surface area (Å²) in [6.07, 6.45) is 77.4. The molecule has 0 fully saturated rings. The molecule has 0 aromatic rings. The van der Waals surface area contributed by atoms with Gasteiger partial charge in [0.05, 0.1) is 39.9 Å². The van der Waals surface area contributed by atoms with Crippen molar-refractivity contribution >= 4 is 13.7 Å². The molecule has 0 aliphatic rings. The van der Waals surface area contributed by atoms with E-state index in [2.05, 4.69) is 31.3 Å². The number of allylic oxidation sites excluding steroid dienone is 2. The van der Waals surface area contributed by atoms with Crippen LogP contribution < -0.4 is 5.32 Å². The number of aliphatic hydroxyl groups is 1. The lowest BCUT2D eigenvalue weighted by molar-refractivity contribution is -0.870. The van der Waals surface area contributed by atoms with Gasteiger partial charge in [-0.1, -0.05) is 341 Å². The number of unbranched alkanes of at least 4 members (excludes halogenated alkanes) is 51. The molecule has 0 heterocycles. The summed E-state index contributed by atoms with van der Waals surface area (Å²) in [6.45, 7) is 4.96. The summed E-state index contributed by atoms with van der Waals surface area (Å²) >= 11 is 0. The van der Waals surface area contributed by atoms with Crippen molar-refractivity contribution in [2.24, 2.45) is 0 Å². The first-order valence-electron chi connectivity index (χ1n) is 35.1. The Labute approximate surface area is 488 Å². The number of nitrogens with one attached hydrogen (secondary N) is 1. The Morgan fingerprint density at radius 1 is 0.423 bits per heavy atom. The molecule has 0 radical (unpaired) electrons. The predicted molar refractivity (Wildman–Crippen MR) is 342 cm³/mol. The summed E-state index contributed by atoms with van der Waals surface area (Å²) < 4.78 is 23.9. The van der Waals surface area contributed by atoms with Gasteiger partial charge in [0.25, 0.3) is 0 Å². The molecule has 0 saturated heterocycles. The van der Waals surface area contributed by atoms with Crippen LogP contribution in [-0.2, 0) is 18.4 Å². The number of hydrogen-bond donors (Lipinski definition) is 3. The number of phosphoric acid groups is 1. The number of amides is 1. The number of carbonyl (C=O) groups is 1. The summed E-state index contributed by atoms with van der Waals surface area (Å²) in [5.74, 6) is -0.135. The highest BCUT2D eigenvalue weighted by atomic mass is 31.2. The molecule has 0 saturated carbocycles. The van der Waals surface area contributed by atoms with Crippen molar-refractivity contribution in [3.63, 3.8) is 0 Å². The van der Waals surface area contributed by atoms with Crippen LogP contribution in [-0.4, -0.2) is 73.4 Å². The van der Waals surface area contributed by atoms with Gasteiger partial charge in [-0.15, -0.1) is 0 Å². The quantitative estimate of drug-likeness (QED) is 0.0243. The largest absolute Gasteiger partial charge is 0.472 e. The van der Waals surface area contributed by atoms with Crippen LogP contribution in [0.25, 0.3) is 0 Å². The molecule has 0 aliphatic carbocycles. The fourth-order valence-electron chi connectivity index (χ4n) is 11.0. The fourth-order valence-corrected chi connectivity index (χ4v) is 11.8. The molecule has 0 rings (SSSR count). The number of hydrogen-bond acceptors (Lipinski definition) is 5. The second kappa shape index (κ2) is 60.8. The lowest BCUT2D eigenvalue weighted by atomic mass is 10.0. The van der Waals surface area contributed by atoms with Crippen LogP contribution in [0.1, 0.15) is 373 Å². The third kappa shape index (κ3) is 62.8. The lowest BCUT2D eigenvalue weighted by Crippen LogP contribution is -2.46. The number of quaternary nitrogens is 1. The molecule has 0 aromatic heterocycles. The standard InChI is InChI=1S/C69H139N2O6P/c1-6-8-10-12-14-16-18-20-22-24-26-28-30-32-33-34-35-36-37-38-39-41-43-45-47-49-51-53-55-57-59-61-63-69(73)70-67(66-77-78(74,75)76-65-64-71(3,4)5)68(72)62-60-58-56-54-52-50-48-46-44-42-40-31-29-27-25-23-21-19-17-15-13-11-9-7-2/h32-33,67-68,72H,6-31,34-66H2,1-5H3,(H-,70,73,74,75)/p+1/b33-32-. The van der Waals surface area contributed by atoms with Gasteiger partial charge in [0.15, 0.2) is 0 Å². The van der Waals surface area contributed by atoms with Gasteiger partial charge in [0.2, 0.25) is 5.91 Å². The van der Waals surface area contributed by atoms with Crippen LogP contribution in [0.4, 0.5) is 0 Å². The molecule has 1 amide bonds. The van der Waals surface area contributed by atoms with E-state index in [0.29, 0.717) is 23.9 Å². The fraction of sp³-hybridized carbons (Fsp3) is 0.957. The third-order valence-electron chi connectivity index (χ3n) is 16.5. The maximum atomic E-state index is 13.1. The van der Waals surface area contributed by atoms with Crippen LogP contribution in [0.15, 0.2) is 12.2 Å². The topological polar surface area (TPSA) is 105 Å². The van der Waals surface area contributed by atoms with Crippen molar-refractivity contribution < 1.29 is 32.9 Å². The van der Waals surface area contributed by atoms with Crippen LogP contribution in [0, 0.1) is 0 Å². The van der Waals surface area contributed by atoms with Gasteiger partial charge in [0.1, 0.15) is 13.2 Å². The molecular weight excluding hydrogens is 984 g/mol. The number of carbonyl (C=O) groups excluding carboxylic acids is 1. The molecule has 78 heavy (non-hydrogen) atoms. The van der Waals surface area contributed by atoms with Crippen molar-refractivity contribution in [3.05, 3.63) is 12.2 Å². The molecule has 0 spiro atoms. The Kier molecular flexibility index (Phi) is 60.2. The van der Waals surface area contributed by atoms with Gasteiger partial charge in [0, 0.05) is 6.42 Å². The molecule has 3 N–H and O–H groups in total. The molecule has 0 aromatic carbocycles. The van der Waals surface area contributed by atoms with E-state index in [-0.39, 0.29) is 19.1 Å². The smallest absolute Gasteiger partial charge is 0.391 e. The summed E-state index contributed by atoms with van der Waals surface area (Å²) in [6, 6.07) is -0.759. The van der Waals surface area contributed by atoms with Crippen molar-refractivity contribution in [1.29, 1.82) is 0 Å². The van der Waals surface area contributed by atoms with Crippen LogP contribution >= 0.6 is 7.82 Å². The molecule has 3 atom stereocenters. The predicted octanol–water partition coefficient (Wildman–Crippen LogP) is 22.1. The summed E-state index contributed by atoms with van der Waals surface area (Å²) in [5, 5.41) is 14.1. The first-order valence-corrected chi connectivity index (χ1v) is 36.5. The molecule has 3 unspecified atom stereocenters. The highest BCUT2D eigenvalue weighted by Gasteiger charge is 2.28. The highest BCUT2D eigenvalue weighted by molar-refractivity contribution is 7.47. The Morgan fingerprint density at radius 2 is 0.692 bits per heavy atom. The Morgan fingerprint density at radius 3 is 0.987 bits per heavy atom. The maximum Gasteiger partial charge on any atom is 0.472 e. The molecule has 0 aliphatic heterocycles. The van der Waals surface area contributed by atoms with Crippen molar-refractivity contribution in [1.82, 2.24) is 5.32 Å². The molecule has 9 heteroatoms.